The second kappa shape index (κ2) is 12.1. The van der Waals surface area contributed by atoms with E-state index in [1.54, 1.807) is 0 Å². The molecule has 0 aliphatic heterocycles. The smallest absolute Gasteiger partial charge is 0.193 e. The first-order valence-electron chi connectivity index (χ1n) is 13.3. The van der Waals surface area contributed by atoms with Gasteiger partial charge in [0.2, 0.25) is 0 Å². The number of rotatable bonds is 8. The molecule has 0 spiro atoms. The fourth-order valence-electron chi connectivity index (χ4n) is 4.65. The zero-order chi connectivity index (χ0) is 26.7. The van der Waals surface area contributed by atoms with Crippen LogP contribution in [0.3, 0.4) is 0 Å². The van der Waals surface area contributed by atoms with E-state index in [0.717, 1.165) is 15.6 Å². The van der Waals surface area contributed by atoms with Crippen molar-refractivity contribution in [3.8, 4) is 0 Å². The molecule has 200 valence electrons. The van der Waals surface area contributed by atoms with E-state index < -0.39 is 8.32 Å². The molecule has 0 saturated heterocycles. The van der Waals surface area contributed by atoms with Crippen LogP contribution in [0.1, 0.15) is 90.5 Å². The molecule has 1 fully saturated rings. The van der Waals surface area contributed by atoms with E-state index in [9.17, 15) is 0 Å². The highest BCUT2D eigenvalue weighted by Gasteiger charge is 2.42. The van der Waals surface area contributed by atoms with Crippen LogP contribution >= 0.6 is 35.0 Å². The summed E-state index contributed by atoms with van der Waals surface area (Å²) < 4.78 is 7.47. The summed E-state index contributed by atoms with van der Waals surface area (Å²) in [6, 6.07) is 16.9. The molecule has 0 bridgehead atoms. The van der Waals surface area contributed by atoms with Crippen molar-refractivity contribution in [1.29, 1.82) is 0 Å². The minimum atomic E-state index is -2.11. The van der Waals surface area contributed by atoms with Gasteiger partial charge in [0, 0.05) is 26.1 Å². The molecule has 6 heteroatoms. The highest BCUT2D eigenvalue weighted by atomic mass is 35.5. The molecule has 36 heavy (non-hydrogen) atoms. The Bertz CT molecular complexity index is 984. The Balaban J connectivity index is 2.08. The summed E-state index contributed by atoms with van der Waals surface area (Å²) >= 11 is 15.0. The SMILES string of the molecule is CC(C)(C)S[C@@H]1CCCC[C@@H]1N[C@H](c1ccc(Cl)cc1)[C@H](O[Si](C)(C)C(C)(C)C)c1cccc(Cl)c1. The van der Waals surface area contributed by atoms with Crippen molar-refractivity contribution in [1.82, 2.24) is 5.32 Å². The average Bonchev–Trinajstić information content (AvgIpc) is 2.76. The third-order valence-electron chi connectivity index (χ3n) is 7.54. The van der Waals surface area contributed by atoms with Crippen molar-refractivity contribution >= 4 is 43.3 Å². The van der Waals surface area contributed by atoms with Gasteiger partial charge >= 0.3 is 0 Å². The molecule has 0 unspecified atom stereocenters. The standard InChI is InChI=1S/C30H45Cl2NOSSi/c1-29(2,3)35-26-15-10-9-14-25(26)33-27(21-16-18-23(31)19-17-21)28(22-12-11-13-24(32)20-22)34-36(7,8)30(4,5)6/h11-13,16-20,25-28,33H,9-10,14-15H2,1-8H3/t25-,26+,27+,28+/m0/s1. The predicted molar refractivity (Wildman–Crippen MR) is 163 cm³/mol. The Morgan fingerprint density at radius 1 is 0.889 bits per heavy atom. The molecule has 1 N–H and O–H groups in total. The van der Waals surface area contributed by atoms with Crippen molar-refractivity contribution < 1.29 is 4.43 Å². The van der Waals surface area contributed by atoms with Gasteiger partial charge in [0.25, 0.3) is 0 Å². The Hall–Kier alpha value is -0.493. The first kappa shape index (κ1) is 30.1. The molecule has 2 aromatic carbocycles. The molecule has 2 nitrogen and oxygen atoms in total. The molecule has 1 saturated carbocycles. The van der Waals surface area contributed by atoms with Gasteiger partial charge in [0.15, 0.2) is 8.32 Å². The number of hydrogen-bond acceptors (Lipinski definition) is 3. The van der Waals surface area contributed by atoms with Gasteiger partial charge in [0.1, 0.15) is 0 Å². The van der Waals surface area contributed by atoms with Gasteiger partial charge in [-0.15, -0.1) is 0 Å². The predicted octanol–water partition coefficient (Wildman–Crippen LogP) is 10.2. The minimum absolute atomic E-state index is 0.0129. The molecule has 0 heterocycles. The van der Waals surface area contributed by atoms with Gasteiger partial charge in [-0.25, -0.2) is 0 Å². The van der Waals surface area contributed by atoms with Crippen LogP contribution in [-0.2, 0) is 4.43 Å². The van der Waals surface area contributed by atoms with Gasteiger partial charge < -0.3 is 9.74 Å². The van der Waals surface area contributed by atoms with Crippen molar-refractivity contribution in [3.05, 3.63) is 69.7 Å². The van der Waals surface area contributed by atoms with E-state index in [1.165, 1.54) is 31.2 Å². The zero-order valence-corrected chi connectivity index (χ0v) is 26.7. The Labute approximate surface area is 235 Å². The molecule has 4 atom stereocenters. The minimum Gasteiger partial charge on any atom is -0.408 e. The quantitative estimate of drug-likeness (QED) is 0.321. The van der Waals surface area contributed by atoms with Crippen molar-refractivity contribution in [2.75, 3.05) is 0 Å². The van der Waals surface area contributed by atoms with E-state index in [2.05, 4.69) is 96.0 Å². The molecule has 0 aromatic heterocycles. The van der Waals surface area contributed by atoms with Crippen LogP contribution in [0.2, 0.25) is 28.2 Å². The lowest BCUT2D eigenvalue weighted by Crippen LogP contribution is -2.48. The second-order valence-corrected chi connectivity index (χ2v) is 20.4. The molecule has 0 amide bonds. The van der Waals surface area contributed by atoms with E-state index in [-0.39, 0.29) is 21.9 Å². The Kier molecular flexibility index (Phi) is 10.1. The van der Waals surface area contributed by atoms with Gasteiger partial charge in [-0.1, -0.05) is 102 Å². The topological polar surface area (TPSA) is 21.3 Å². The normalized spacial score (nSPS) is 21.3. The van der Waals surface area contributed by atoms with Crippen LogP contribution in [0, 0.1) is 0 Å². The van der Waals surface area contributed by atoms with E-state index in [1.807, 2.05) is 24.3 Å². The largest absolute Gasteiger partial charge is 0.408 e. The van der Waals surface area contributed by atoms with E-state index in [4.69, 9.17) is 27.6 Å². The molecular formula is C30H45Cl2NOSSi. The molecular weight excluding hydrogens is 521 g/mol. The monoisotopic (exact) mass is 565 g/mol. The summed E-state index contributed by atoms with van der Waals surface area (Å²) in [6.07, 6.45) is 4.83. The van der Waals surface area contributed by atoms with Gasteiger partial charge in [-0.2, -0.15) is 11.8 Å². The number of nitrogens with one attached hydrogen (secondary N) is 1. The molecule has 2 aromatic rings. The second-order valence-electron chi connectivity index (χ2n) is 12.7. The summed E-state index contributed by atoms with van der Waals surface area (Å²) in [7, 11) is -2.11. The number of halogens is 2. The third kappa shape index (κ3) is 8.25. The van der Waals surface area contributed by atoms with Crippen LogP contribution in [-0.4, -0.2) is 24.4 Å². The first-order chi connectivity index (χ1) is 16.7. The number of benzene rings is 2. The summed E-state index contributed by atoms with van der Waals surface area (Å²) in [5.74, 6) is 0. The fourth-order valence-corrected chi connectivity index (χ4v) is 7.81. The van der Waals surface area contributed by atoms with Crippen LogP contribution < -0.4 is 5.32 Å². The van der Waals surface area contributed by atoms with Crippen LogP contribution in [0.25, 0.3) is 0 Å². The third-order valence-corrected chi connectivity index (χ3v) is 14.1. The lowest BCUT2D eigenvalue weighted by Gasteiger charge is -2.44. The maximum absolute atomic E-state index is 7.25. The van der Waals surface area contributed by atoms with E-state index in [0.29, 0.717) is 11.3 Å². The summed E-state index contributed by atoms with van der Waals surface area (Å²) in [4.78, 5) is 0. The molecule has 1 aliphatic rings. The number of hydrogen-bond donors (Lipinski definition) is 1. The summed E-state index contributed by atoms with van der Waals surface area (Å²) in [5.41, 5.74) is 2.32. The van der Waals surface area contributed by atoms with Crippen LogP contribution in [0.5, 0.6) is 0 Å². The zero-order valence-electron chi connectivity index (χ0n) is 23.3. The summed E-state index contributed by atoms with van der Waals surface area (Å²) in [6.45, 7) is 18.6. The lowest BCUT2D eigenvalue weighted by atomic mass is 9.90. The van der Waals surface area contributed by atoms with Crippen LogP contribution in [0.4, 0.5) is 0 Å². The van der Waals surface area contributed by atoms with Gasteiger partial charge in [-0.3, -0.25) is 0 Å². The highest BCUT2D eigenvalue weighted by molar-refractivity contribution is 8.01. The molecule has 3 rings (SSSR count). The highest BCUT2D eigenvalue weighted by Crippen LogP contribution is 2.45. The van der Waals surface area contributed by atoms with E-state index >= 15 is 0 Å². The first-order valence-corrected chi connectivity index (χ1v) is 17.8. The Morgan fingerprint density at radius 2 is 1.53 bits per heavy atom. The number of thioether (sulfide) groups is 1. The maximum Gasteiger partial charge on any atom is 0.193 e. The van der Waals surface area contributed by atoms with Crippen LogP contribution in [0.15, 0.2) is 48.5 Å². The summed E-state index contributed by atoms with van der Waals surface area (Å²) in [5, 5.41) is 6.30. The molecule has 0 radical (unpaired) electrons. The average molecular weight is 567 g/mol. The Morgan fingerprint density at radius 3 is 2.11 bits per heavy atom. The van der Waals surface area contributed by atoms with Gasteiger partial charge in [-0.05, 0) is 66.4 Å². The van der Waals surface area contributed by atoms with Crippen molar-refractivity contribution in [2.24, 2.45) is 0 Å². The lowest BCUT2D eigenvalue weighted by molar-refractivity contribution is 0.125. The van der Waals surface area contributed by atoms with Gasteiger partial charge in [0.05, 0.1) is 12.1 Å². The maximum atomic E-state index is 7.25. The fraction of sp³-hybridized carbons (Fsp3) is 0.600. The van der Waals surface area contributed by atoms with Crippen molar-refractivity contribution in [2.45, 2.75) is 114 Å². The van der Waals surface area contributed by atoms with Crippen molar-refractivity contribution in [3.63, 3.8) is 0 Å². The molecule has 1 aliphatic carbocycles.